The fourth-order valence-electron chi connectivity index (χ4n) is 2.23. The number of Topliss-reactive ketones (excluding diaryl/α,β-unsaturated/α-hetero) is 1. The minimum atomic E-state index is -1.40. The first-order chi connectivity index (χ1) is 12.1. The number of aromatic hydroxyl groups is 1. The van der Waals surface area contributed by atoms with E-state index < -0.39 is 23.6 Å². The van der Waals surface area contributed by atoms with Crippen LogP contribution in [0.25, 0.3) is 0 Å². The molecule has 140 valence electrons. The number of ether oxygens (including phenoxy) is 2. The van der Waals surface area contributed by atoms with Crippen molar-refractivity contribution in [1.29, 1.82) is 0 Å². The maximum absolute atomic E-state index is 13.0. The zero-order chi connectivity index (χ0) is 20.0. The molecule has 0 heterocycles. The highest BCUT2D eigenvalue weighted by atomic mass is 79.9. The van der Waals surface area contributed by atoms with E-state index in [-0.39, 0.29) is 35.7 Å². The van der Waals surface area contributed by atoms with Crippen molar-refractivity contribution in [2.45, 2.75) is 20.8 Å². The Labute approximate surface area is 160 Å². The second-order valence-corrected chi connectivity index (χ2v) is 6.26. The molecule has 0 aliphatic rings. The van der Waals surface area contributed by atoms with E-state index in [9.17, 15) is 19.5 Å². The number of hydrogen-bond donors (Lipinski definition) is 1. The monoisotopic (exact) mass is 424 g/mol. The molecule has 6 nitrogen and oxygen atoms in total. The average Bonchev–Trinajstić information content (AvgIpc) is 2.58. The Morgan fingerprint density at radius 3 is 1.96 bits per heavy atom. The van der Waals surface area contributed by atoms with E-state index in [1.54, 1.807) is 20.8 Å². The Morgan fingerprint density at radius 1 is 1.08 bits per heavy atom. The summed E-state index contributed by atoms with van der Waals surface area (Å²) in [5.41, 5.74) is 0.116. The van der Waals surface area contributed by atoms with Gasteiger partial charge in [-0.1, -0.05) is 29.1 Å². The fraction of sp³-hybridized carbons (Fsp3) is 0.316. The number of aryl methyl sites for hydroxylation is 1. The van der Waals surface area contributed by atoms with Gasteiger partial charge >= 0.3 is 11.9 Å². The molecule has 0 bridgehead atoms. The standard InChI is InChI=1S/C19H21BrO6/c1-6-25-18(23)11(4)16(12(5)19(24)26-7-2)17(22)13-8-10(3)14(20)9-15(13)21/h8-9,16,21H,4-7H2,1-3H3. The van der Waals surface area contributed by atoms with Gasteiger partial charge in [0, 0.05) is 15.6 Å². The van der Waals surface area contributed by atoms with Gasteiger partial charge in [0.05, 0.1) is 24.7 Å². The van der Waals surface area contributed by atoms with Crippen LogP contribution in [0.3, 0.4) is 0 Å². The number of hydrogen-bond acceptors (Lipinski definition) is 6. The summed E-state index contributed by atoms with van der Waals surface area (Å²) >= 11 is 3.26. The first-order valence-electron chi connectivity index (χ1n) is 7.90. The van der Waals surface area contributed by atoms with Crippen molar-refractivity contribution in [2.24, 2.45) is 5.92 Å². The zero-order valence-electron chi connectivity index (χ0n) is 14.9. The van der Waals surface area contributed by atoms with E-state index in [1.165, 1.54) is 12.1 Å². The highest BCUT2D eigenvalue weighted by Crippen LogP contribution is 2.32. The third-order valence-electron chi connectivity index (χ3n) is 3.58. The van der Waals surface area contributed by atoms with Gasteiger partial charge in [0.15, 0.2) is 5.78 Å². The van der Waals surface area contributed by atoms with Crippen molar-refractivity contribution in [3.05, 3.63) is 52.0 Å². The third-order valence-corrected chi connectivity index (χ3v) is 4.43. The van der Waals surface area contributed by atoms with E-state index in [1.807, 2.05) is 0 Å². The molecule has 1 N–H and O–H groups in total. The highest BCUT2D eigenvalue weighted by molar-refractivity contribution is 9.10. The SMILES string of the molecule is C=C(C(=O)OCC)C(C(=C)C(=O)OCC)C(=O)c1cc(C)c(Br)cc1O. The fourth-order valence-corrected chi connectivity index (χ4v) is 2.57. The summed E-state index contributed by atoms with van der Waals surface area (Å²) in [6.07, 6.45) is 0. The van der Waals surface area contributed by atoms with Gasteiger partial charge in [0.25, 0.3) is 0 Å². The summed E-state index contributed by atoms with van der Waals surface area (Å²) in [4.78, 5) is 37.2. The van der Waals surface area contributed by atoms with Crippen molar-refractivity contribution in [3.8, 4) is 5.75 Å². The molecular formula is C19H21BrO6. The van der Waals surface area contributed by atoms with Gasteiger partial charge in [-0.15, -0.1) is 0 Å². The lowest BCUT2D eigenvalue weighted by atomic mass is 9.84. The summed E-state index contributed by atoms with van der Waals surface area (Å²) in [5.74, 6) is -4.06. The van der Waals surface area contributed by atoms with Crippen LogP contribution in [0.15, 0.2) is 40.9 Å². The molecule has 1 aromatic carbocycles. The predicted octanol–water partition coefficient (Wildman–Crippen LogP) is 3.50. The van der Waals surface area contributed by atoms with Crippen molar-refractivity contribution < 1.29 is 29.0 Å². The molecule has 7 heteroatoms. The van der Waals surface area contributed by atoms with Crippen molar-refractivity contribution in [2.75, 3.05) is 13.2 Å². The topological polar surface area (TPSA) is 89.9 Å². The molecule has 0 radical (unpaired) electrons. The number of halogens is 1. The average molecular weight is 425 g/mol. The van der Waals surface area contributed by atoms with Gasteiger partial charge in [-0.25, -0.2) is 9.59 Å². The number of carbonyl (C=O) groups excluding carboxylic acids is 3. The van der Waals surface area contributed by atoms with Crippen LogP contribution in [0.4, 0.5) is 0 Å². The molecule has 0 unspecified atom stereocenters. The van der Waals surface area contributed by atoms with Gasteiger partial charge < -0.3 is 14.6 Å². The van der Waals surface area contributed by atoms with Gasteiger partial charge in [-0.2, -0.15) is 0 Å². The third kappa shape index (κ3) is 4.82. The first-order valence-corrected chi connectivity index (χ1v) is 8.70. The number of esters is 2. The van der Waals surface area contributed by atoms with E-state index in [2.05, 4.69) is 29.1 Å². The highest BCUT2D eigenvalue weighted by Gasteiger charge is 2.35. The maximum atomic E-state index is 13.0. The molecule has 1 rings (SSSR count). The van der Waals surface area contributed by atoms with Crippen LogP contribution in [0.1, 0.15) is 29.8 Å². The van der Waals surface area contributed by atoms with Crippen molar-refractivity contribution >= 4 is 33.7 Å². The van der Waals surface area contributed by atoms with E-state index in [4.69, 9.17) is 9.47 Å². The Kier molecular flexibility index (Phi) is 7.76. The quantitative estimate of drug-likeness (QED) is 0.390. The molecule has 0 saturated heterocycles. The maximum Gasteiger partial charge on any atom is 0.334 e. The lowest BCUT2D eigenvalue weighted by Crippen LogP contribution is -2.28. The number of phenols is 1. The van der Waals surface area contributed by atoms with Gasteiger partial charge in [-0.3, -0.25) is 4.79 Å². The number of carbonyl (C=O) groups is 3. The molecular weight excluding hydrogens is 404 g/mol. The van der Waals surface area contributed by atoms with Crippen LogP contribution in [0.5, 0.6) is 5.75 Å². The molecule has 0 fully saturated rings. The van der Waals surface area contributed by atoms with E-state index in [0.717, 1.165) is 0 Å². The largest absolute Gasteiger partial charge is 0.507 e. The van der Waals surface area contributed by atoms with Crippen LogP contribution in [-0.2, 0) is 19.1 Å². The molecule has 26 heavy (non-hydrogen) atoms. The van der Waals surface area contributed by atoms with Crippen LogP contribution < -0.4 is 0 Å². The lowest BCUT2D eigenvalue weighted by Gasteiger charge is -2.20. The van der Waals surface area contributed by atoms with Crippen molar-refractivity contribution in [3.63, 3.8) is 0 Å². The van der Waals surface area contributed by atoms with Crippen LogP contribution in [0, 0.1) is 12.8 Å². The Hall–Kier alpha value is -2.41. The van der Waals surface area contributed by atoms with E-state index >= 15 is 0 Å². The van der Waals surface area contributed by atoms with E-state index in [0.29, 0.717) is 10.0 Å². The van der Waals surface area contributed by atoms with Crippen LogP contribution >= 0.6 is 15.9 Å². The van der Waals surface area contributed by atoms with Crippen molar-refractivity contribution in [1.82, 2.24) is 0 Å². The van der Waals surface area contributed by atoms with Gasteiger partial charge in [0.2, 0.25) is 0 Å². The lowest BCUT2D eigenvalue weighted by molar-refractivity contribution is -0.139. The zero-order valence-corrected chi connectivity index (χ0v) is 16.5. The smallest absolute Gasteiger partial charge is 0.334 e. The number of ketones is 1. The molecule has 0 aliphatic heterocycles. The molecule has 1 aromatic rings. The summed E-state index contributed by atoms with van der Waals surface area (Å²) < 4.78 is 10.4. The Morgan fingerprint density at radius 2 is 1.54 bits per heavy atom. The molecule has 0 aromatic heterocycles. The minimum Gasteiger partial charge on any atom is -0.507 e. The molecule has 0 amide bonds. The number of rotatable bonds is 8. The molecule has 0 spiro atoms. The second-order valence-electron chi connectivity index (χ2n) is 5.41. The number of benzene rings is 1. The van der Waals surface area contributed by atoms with Gasteiger partial charge in [0.1, 0.15) is 5.75 Å². The molecule has 0 saturated carbocycles. The predicted molar refractivity (Wildman–Crippen MR) is 99.9 cm³/mol. The normalized spacial score (nSPS) is 10.3. The second kappa shape index (κ2) is 9.33. The minimum absolute atomic E-state index is 0.0633. The molecule has 0 atom stereocenters. The summed E-state index contributed by atoms with van der Waals surface area (Å²) in [6.45, 7) is 12.3. The first kappa shape index (κ1) is 21.6. The number of phenolic OH excluding ortho intramolecular Hbond substituents is 1. The molecule has 0 aliphatic carbocycles. The summed E-state index contributed by atoms with van der Waals surface area (Å²) in [6, 6.07) is 2.81. The van der Waals surface area contributed by atoms with Crippen LogP contribution in [-0.4, -0.2) is 36.0 Å². The van der Waals surface area contributed by atoms with Gasteiger partial charge in [-0.05, 0) is 38.5 Å². The van der Waals surface area contributed by atoms with Crippen LogP contribution in [0.2, 0.25) is 0 Å². The Bertz CT molecular complexity index is 736. The summed E-state index contributed by atoms with van der Waals surface area (Å²) in [5, 5.41) is 10.1. The summed E-state index contributed by atoms with van der Waals surface area (Å²) in [7, 11) is 0. The Balaban J connectivity index is 3.40.